The average Bonchev–Trinajstić information content (AvgIpc) is 3.08. The first-order chi connectivity index (χ1) is 12.2. The van der Waals surface area contributed by atoms with Gasteiger partial charge in [-0.05, 0) is 36.5 Å². The Morgan fingerprint density at radius 3 is 2.44 bits per heavy atom. The third-order valence-electron chi connectivity index (χ3n) is 4.81. The van der Waals surface area contributed by atoms with Gasteiger partial charge in [0.15, 0.2) is 0 Å². The highest BCUT2D eigenvalue weighted by atomic mass is 16.5. The van der Waals surface area contributed by atoms with Crippen molar-refractivity contribution >= 4 is 0 Å². The maximum absolute atomic E-state index is 5.53. The molecule has 0 bridgehead atoms. The third kappa shape index (κ3) is 4.32. The Balaban J connectivity index is 1.77. The van der Waals surface area contributed by atoms with E-state index in [-0.39, 0.29) is 6.04 Å². The number of aromatic nitrogens is 2. The van der Waals surface area contributed by atoms with Crippen molar-refractivity contribution in [3.63, 3.8) is 0 Å². The minimum Gasteiger partial charge on any atom is -0.497 e. The molecule has 0 radical (unpaired) electrons. The Morgan fingerprint density at radius 1 is 1.20 bits per heavy atom. The Bertz CT molecular complexity index is 658. The molecule has 1 N–H and O–H groups in total. The second-order valence-electron chi connectivity index (χ2n) is 6.43. The van der Waals surface area contributed by atoms with Crippen LogP contribution in [0, 0.1) is 5.92 Å². The lowest BCUT2D eigenvalue weighted by molar-refractivity contribution is 0.0518. The zero-order valence-electron chi connectivity index (χ0n) is 15.2. The molecule has 1 aliphatic rings. The van der Waals surface area contributed by atoms with Gasteiger partial charge in [0.05, 0.1) is 20.3 Å². The molecular formula is C19H27N3O3. The second-order valence-corrected chi connectivity index (χ2v) is 6.43. The van der Waals surface area contributed by atoms with Gasteiger partial charge in [-0.1, -0.05) is 0 Å². The number of aryl methyl sites for hydroxylation is 1. The average molecular weight is 345 g/mol. The molecule has 6 heteroatoms. The highest BCUT2D eigenvalue weighted by Crippen LogP contribution is 2.30. The summed E-state index contributed by atoms with van der Waals surface area (Å²) in [6, 6.07) is 6.16. The van der Waals surface area contributed by atoms with E-state index >= 15 is 0 Å². The predicted molar refractivity (Wildman–Crippen MR) is 95.9 cm³/mol. The molecule has 0 aliphatic carbocycles. The Morgan fingerprint density at radius 2 is 1.88 bits per heavy atom. The van der Waals surface area contributed by atoms with Gasteiger partial charge in [0.1, 0.15) is 17.3 Å². The van der Waals surface area contributed by atoms with Crippen LogP contribution in [0.5, 0.6) is 11.5 Å². The van der Waals surface area contributed by atoms with Crippen LogP contribution in [-0.4, -0.2) is 37.0 Å². The van der Waals surface area contributed by atoms with Crippen molar-refractivity contribution in [2.24, 2.45) is 13.0 Å². The van der Waals surface area contributed by atoms with Gasteiger partial charge in [0.25, 0.3) is 0 Å². The number of rotatable bonds is 7. The van der Waals surface area contributed by atoms with Gasteiger partial charge in [-0.3, -0.25) is 0 Å². The number of nitrogens with one attached hydrogen (secondary N) is 1. The maximum atomic E-state index is 5.53. The monoisotopic (exact) mass is 345 g/mol. The molecule has 2 heterocycles. The normalized spacial score (nSPS) is 16.6. The lowest BCUT2D eigenvalue weighted by atomic mass is 9.91. The first-order valence-corrected chi connectivity index (χ1v) is 8.71. The van der Waals surface area contributed by atoms with Crippen LogP contribution in [0.4, 0.5) is 0 Å². The summed E-state index contributed by atoms with van der Waals surface area (Å²) in [6.45, 7) is 2.36. The van der Waals surface area contributed by atoms with Crippen LogP contribution in [-0.2, 0) is 18.3 Å². The minimum atomic E-state index is 0.195. The van der Waals surface area contributed by atoms with Crippen molar-refractivity contribution in [1.29, 1.82) is 0 Å². The predicted octanol–water partition coefficient (Wildman–Crippen LogP) is 2.69. The molecule has 2 aromatic rings. The van der Waals surface area contributed by atoms with E-state index in [0.717, 1.165) is 55.5 Å². The molecule has 136 valence electrons. The Labute approximate surface area is 149 Å². The third-order valence-corrected chi connectivity index (χ3v) is 4.81. The topological polar surface area (TPSA) is 57.5 Å². The summed E-state index contributed by atoms with van der Waals surface area (Å²) in [4.78, 5) is 4.58. The molecule has 1 fully saturated rings. The molecule has 6 nitrogen and oxygen atoms in total. The van der Waals surface area contributed by atoms with Gasteiger partial charge < -0.3 is 24.1 Å². The second kappa shape index (κ2) is 8.36. The van der Waals surface area contributed by atoms with E-state index in [4.69, 9.17) is 14.2 Å². The van der Waals surface area contributed by atoms with Crippen LogP contribution in [0.2, 0.25) is 0 Å². The molecule has 25 heavy (non-hydrogen) atoms. The molecular weight excluding hydrogens is 318 g/mol. The fourth-order valence-corrected chi connectivity index (χ4v) is 3.39. The maximum Gasteiger partial charge on any atom is 0.125 e. The number of ether oxygens (including phenoxy) is 3. The van der Waals surface area contributed by atoms with E-state index in [1.54, 1.807) is 14.2 Å². The van der Waals surface area contributed by atoms with Gasteiger partial charge in [-0.2, -0.15) is 0 Å². The van der Waals surface area contributed by atoms with Gasteiger partial charge in [0.2, 0.25) is 0 Å². The van der Waals surface area contributed by atoms with E-state index in [9.17, 15) is 0 Å². The fourth-order valence-electron chi connectivity index (χ4n) is 3.39. The molecule has 0 amide bonds. The summed E-state index contributed by atoms with van der Waals surface area (Å²) in [6.07, 6.45) is 5.95. The molecule has 3 rings (SSSR count). The van der Waals surface area contributed by atoms with E-state index in [0.29, 0.717) is 5.92 Å². The van der Waals surface area contributed by atoms with Crippen molar-refractivity contribution in [1.82, 2.24) is 14.9 Å². The van der Waals surface area contributed by atoms with E-state index in [1.165, 1.54) is 0 Å². The summed E-state index contributed by atoms with van der Waals surface area (Å²) in [5.41, 5.74) is 1.13. The SMILES string of the molecule is COc1cc(CN[C@@H](c2nccn2C)C2CCOCC2)cc(OC)c1. The highest BCUT2D eigenvalue weighted by Gasteiger charge is 2.27. The van der Waals surface area contributed by atoms with E-state index in [1.807, 2.05) is 37.6 Å². The molecule has 1 aliphatic heterocycles. The van der Waals surface area contributed by atoms with Gasteiger partial charge in [0, 0.05) is 45.3 Å². The zero-order chi connectivity index (χ0) is 17.6. The number of imidazole rings is 1. The van der Waals surface area contributed by atoms with Crippen LogP contribution in [0.25, 0.3) is 0 Å². The van der Waals surface area contributed by atoms with Crippen LogP contribution < -0.4 is 14.8 Å². The lowest BCUT2D eigenvalue weighted by Gasteiger charge is -2.31. The molecule has 1 aromatic heterocycles. The van der Waals surface area contributed by atoms with Gasteiger partial charge >= 0.3 is 0 Å². The van der Waals surface area contributed by atoms with Crippen molar-refractivity contribution in [2.45, 2.75) is 25.4 Å². The summed E-state index contributed by atoms with van der Waals surface area (Å²) in [7, 11) is 5.39. The molecule has 0 unspecified atom stereocenters. The van der Waals surface area contributed by atoms with Crippen molar-refractivity contribution in [2.75, 3.05) is 27.4 Å². The number of hydrogen-bond acceptors (Lipinski definition) is 5. The van der Waals surface area contributed by atoms with Crippen LogP contribution in [0.1, 0.15) is 30.3 Å². The lowest BCUT2D eigenvalue weighted by Crippen LogP contribution is -2.33. The standard InChI is InChI=1S/C19H27N3O3/c1-22-7-6-20-19(22)18(15-4-8-25-9-5-15)21-13-14-10-16(23-2)12-17(11-14)24-3/h6-7,10-12,15,18,21H,4-5,8-9,13H2,1-3H3/t18-/m1/s1. The van der Waals surface area contributed by atoms with Crippen LogP contribution >= 0.6 is 0 Å². The summed E-state index contributed by atoms with van der Waals surface area (Å²) in [5, 5.41) is 3.70. The number of hydrogen-bond donors (Lipinski definition) is 1. The number of nitrogens with zero attached hydrogens (tertiary/aromatic N) is 2. The van der Waals surface area contributed by atoms with E-state index in [2.05, 4.69) is 14.9 Å². The Hall–Kier alpha value is -2.05. The van der Waals surface area contributed by atoms with Crippen molar-refractivity contribution in [3.05, 3.63) is 42.0 Å². The molecule has 0 spiro atoms. The summed E-state index contributed by atoms with van der Waals surface area (Å²) in [5.74, 6) is 3.19. The minimum absolute atomic E-state index is 0.195. The Kier molecular flexibility index (Phi) is 5.94. The highest BCUT2D eigenvalue weighted by molar-refractivity contribution is 5.38. The van der Waals surface area contributed by atoms with Crippen molar-refractivity contribution < 1.29 is 14.2 Å². The largest absolute Gasteiger partial charge is 0.497 e. The van der Waals surface area contributed by atoms with E-state index < -0.39 is 0 Å². The number of benzene rings is 1. The van der Waals surface area contributed by atoms with Gasteiger partial charge in [-0.15, -0.1) is 0 Å². The molecule has 1 aromatic carbocycles. The quantitative estimate of drug-likeness (QED) is 0.836. The summed E-state index contributed by atoms with van der Waals surface area (Å²) >= 11 is 0. The smallest absolute Gasteiger partial charge is 0.125 e. The fraction of sp³-hybridized carbons (Fsp3) is 0.526. The van der Waals surface area contributed by atoms with Gasteiger partial charge in [-0.25, -0.2) is 4.98 Å². The first kappa shape index (κ1) is 17.8. The molecule has 0 saturated carbocycles. The number of methoxy groups -OCH3 is 2. The zero-order valence-corrected chi connectivity index (χ0v) is 15.2. The first-order valence-electron chi connectivity index (χ1n) is 8.71. The van der Waals surface area contributed by atoms with Crippen LogP contribution in [0.15, 0.2) is 30.6 Å². The van der Waals surface area contributed by atoms with Crippen molar-refractivity contribution in [3.8, 4) is 11.5 Å². The van der Waals surface area contributed by atoms with Crippen LogP contribution in [0.3, 0.4) is 0 Å². The molecule has 1 atom stereocenters. The molecule has 1 saturated heterocycles. The summed E-state index contributed by atoms with van der Waals surface area (Å²) < 4.78 is 18.4.